The van der Waals surface area contributed by atoms with E-state index in [2.05, 4.69) is 48.7 Å². The van der Waals surface area contributed by atoms with Gasteiger partial charge in [-0.25, -0.2) is 4.79 Å². The number of nitrogens with one attached hydrogen (secondary N) is 1. The lowest BCUT2D eigenvalue weighted by atomic mass is 10.0. The van der Waals surface area contributed by atoms with Crippen molar-refractivity contribution < 1.29 is 9.53 Å². The fourth-order valence-corrected chi connectivity index (χ4v) is 3.72. The summed E-state index contributed by atoms with van der Waals surface area (Å²) < 4.78 is 5.30. The second-order valence-electron chi connectivity index (χ2n) is 6.13. The summed E-state index contributed by atoms with van der Waals surface area (Å²) in [6.07, 6.45) is 4.11. The molecular weight excluding hydrogens is 354 g/mol. The monoisotopic (exact) mass is 377 g/mol. The molecule has 4 heteroatoms. The lowest BCUT2D eigenvalue weighted by Gasteiger charge is -2.08. The summed E-state index contributed by atoms with van der Waals surface area (Å²) in [5.74, 6) is -0.288. The molecule has 0 atom stereocenters. The molecule has 0 spiro atoms. The second kappa shape index (κ2) is 9.19. The fourth-order valence-electron chi connectivity index (χ4n) is 2.75. The van der Waals surface area contributed by atoms with Crippen molar-refractivity contribution in [3.63, 3.8) is 0 Å². The quantitative estimate of drug-likeness (QED) is 0.511. The number of aryl methyl sites for hydroxylation is 1. The van der Waals surface area contributed by atoms with Gasteiger partial charge in [0.25, 0.3) is 0 Å². The SMILES string of the molecule is CCOC(=O)c1c(-c2ccc(C)cc2)csc1NC/C=C/c1ccccc1. The molecule has 1 aromatic heterocycles. The summed E-state index contributed by atoms with van der Waals surface area (Å²) in [6.45, 7) is 4.87. The summed E-state index contributed by atoms with van der Waals surface area (Å²) >= 11 is 1.53. The zero-order valence-electron chi connectivity index (χ0n) is 15.6. The van der Waals surface area contributed by atoms with E-state index in [1.165, 1.54) is 16.9 Å². The van der Waals surface area contributed by atoms with E-state index in [9.17, 15) is 4.79 Å². The third-order valence-corrected chi connectivity index (χ3v) is 5.06. The van der Waals surface area contributed by atoms with Gasteiger partial charge in [-0.15, -0.1) is 11.3 Å². The van der Waals surface area contributed by atoms with Gasteiger partial charge in [0.15, 0.2) is 0 Å². The second-order valence-corrected chi connectivity index (χ2v) is 7.01. The molecule has 1 N–H and O–H groups in total. The fraction of sp³-hybridized carbons (Fsp3) is 0.174. The van der Waals surface area contributed by atoms with E-state index in [0.29, 0.717) is 18.7 Å². The number of carbonyl (C=O) groups excluding carboxylic acids is 1. The van der Waals surface area contributed by atoms with Crippen molar-refractivity contribution in [2.45, 2.75) is 13.8 Å². The van der Waals surface area contributed by atoms with E-state index in [1.54, 1.807) is 0 Å². The molecule has 3 rings (SSSR count). The molecule has 0 aliphatic rings. The summed E-state index contributed by atoms with van der Waals surface area (Å²) in [5.41, 5.74) is 4.88. The van der Waals surface area contributed by atoms with Crippen LogP contribution in [0, 0.1) is 6.92 Å². The van der Waals surface area contributed by atoms with Crippen LogP contribution in [0.3, 0.4) is 0 Å². The largest absolute Gasteiger partial charge is 0.462 e. The van der Waals surface area contributed by atoms with E-state index in [1.807, 2.05) is 42.6 Å². The van der Waals surface area contributed by atoms with E-state index in [-0.39, 0.29) is 5.97 Å². The van der Waals surface area contributed by atoms with Gasteiger partial charge in [0, 0.05) is 17.5 Å². The van der Waals surface area contributed by atoms with Gasteiger partial charge in [-0.05, 0) is 25.0 Å². The van der Waals surface area contributed by atoms with Crippen molar-refractivity contribution >= 4 is 28.4 Å². The molecule has 27 heavy (non-hydrogen) atoms. The Labute approximate surface area is 164 Å². The van der Waals surface area contributed by atoms with Crippen LogP contribution >= 0.6 is 11.3 Å². The van der Waals surface area contributed by atoms with Gasteiger partial charge in [0.1, 0.15) is 10.6 Å². The van der Waals surface area contributed by atoms with Crippen molar-refractivity contribution in [1.82, 2.24) is 0 Å². The van der Waals surface area contributed by atoms with E-state index >= 15 is 0 Å². The van der Waals surface area contributed by atoms with E-state index in [0.717, 1.165) is 21.7 Å². The van der Waals surface area contributed by atoms with Gasteiger partial charge in [-0.3, -0.25) is 0 Å². The number of ether oxygens (including phenoxy) is 1. The zero-order chi connectivity index (χ0) is 19.1. The average Bonchev–Trinajstić information content (AvgIpc) is 3.11. The Morgan fingerprint density at radius 2 is 1.85 bits per heavy atom. The topological polar surface area (TPSA) is 38.3 Å². The number of rotatable bonds is 7. The predicted octanol–water partition coefficient (Wildman–Crippen LogP) is 6.03. The Balaban J connectivity index is 1.81. The molecule has 0 aliphatic heterocycles. The van der Waals surface area contributed by atoms with Gasteiger partial charge in [-0.2, -0.15) is 0 Å². The lowest BCUT2D eigenvalue weighted by molar-refractivity contribution is 0.0529. The smallest absolute Gasteiger partial charge is 0.341 e. The normalized spacial score (nSPS) is 10.9. The van der Waals surface area contributed by atoms with Crippen molar-refractivity contribution in [3.8, 4) is 11.1 Å². The van der Waals surface area contributed by atoms with Crippen LogP contribution in [-0.4, -0.2) is 19.1 Å². The maximum Gasteiger partial charge on any atom is 0.341 e. The molecule has 0 saturated heterocycles. The molecule has 1 heterocycles. The van der Waals surface area contributed by atoms with E-state index in [4.69, 9.17) is 4.74 Å². The molecule has 0 unspecified atom stereocenters. The van der Waals surface area contributed by atoms with Crippen LogP contribution in [0.4, 0.5) is 5.00 Å². The Hall–Kier alpha value is -2.85. The molecule has 2 aromatic carbocycles. The Morgan fingerprint density at radius 3 is 2.56 bits per heavy atom. The molecule has 0 bridgehead atoms. The summed E-state index contributed by atoms with van der Waals surface area (Å²) in [7, 11) is 0. The van der Waals surface area contributed by atoms with Gasteiger partial charge >= 0.3 is 5.97 Å². The van der Waals surface area contributed by atoms with Crippen molar-refractivity contribution in [1.29, 1.82) is 0 Å². The number of thiophene rings is 1. The lowest BCUT2D eigenvalue weighted by Crippen LogP contribution is -2.09. The van der Waals surface area contributed by atoms with Crippen LogP contribution in [0.1, 0.15) is 28.4 Å². The third kappa shape index (κ3) is 4.86. The zero-order valence-corrected chi connectivity index (χ0v) is 16.4. The van der Waals surface area contributed by atoms with Crippen molar-refractivity contribution in [3.05, 3.63) is 82.7 Å². The van der Waals surface area contributed by atoms with Gasteiger partial charge in [0.05, 0.1) is 6.61 Å². The standard InChI is InChI=1S/C23H23NO2S/c1-3-26-23(25)21-20(19-13-11-17(2)12-14-19)16-27-22(21)24-15-7-10-18-8-5-4-6-9-18/h4-14,16,24H,3,15H2,1-2H3/b10-7+. The molecule has 0 aliphatic carbocycles. The summed E-state index contributed by atoms with van der Waals surface area (Å²) in [5, 5.41) is 6.20. The average molecular weight is 378 g/mol. The van der Waals surface area contributed by atoms with E-state index < -0.39 is 0 Å². The molecule has 3 aromatic rings. The third-order valence-electron chi connectivity index (χ3n) is 4.12. The van der Waals surface area contributed by atoms with Crippen molar-refractivity contribution in [2.24, 2.45) is 0 Å². The molecule has 138 valence electrons. The number of benzene rings is 2. The first kappa shape index (κ1) is 18.9. The Bertz CT molecular complexity index is 911. The summed E-state index contributed by atoms with van der Waals surface area (Å²) in [4.78, 5) is 12.6. The van der Waals surface area contributed by atoms with Crippen LogP contribution in [0.2, 0.25) is 0 Å². The predicted molar refractivity (Wildman–Crippen MR) is 114 cm³/mol. The highest BCUT2D eigenvalue weighted by Crippen LogP contribution is 2.36. The van der Waals surface area contributed by atoms with Crippen LogP contribution < -0.4 is 5.32 Å². The first-order valence-electron chi connectivity index (χ1n) is 9.00. The summed E-state index contributed by atoms with van der Waals surface area (Å²) in [6, 6.07) is 18.3. The minimum Gasteiger partial charge on any atom is -0.462 e. The van der Waals surface area contributed by atoms with Gasteiger partial charge in [-0.1, -0.05) is 72.3 Å². The minimum absolute atomic E-state index is 0.288. The highest BCUT2D eigenvalue weighted by molar-refractivity contribution is 7.15. The molecule has 0 saturated carbocycles. The Morgan fingerprint density at radius 1 is 1.11 bits per heavy atom. The van der Waals surface area contributed by atoms with Crippen LogP contribution in [0.5, 0.6) is 0 Å². The number of esters is 1. The minimum atomic E-state index is -0.288. The Kier molecular flexibility index (Phi) is 6.44. The van der Waals surface area contributed by atoms with Crippen molar-refractivity contribution in [2.75, 3.05) is 18.5 Å². The highest BCUT2D eigenvalue weighted by Gasteiger charge is 2.21. The van der Waals surface area contributed by atoms with Gasteiger partial charge in [0.2, 0.25) is 0 Å². The number of carbonyl (C=O) groups is 1. The van der Waals surface area contributed by atoms with Gasteiger partial charge < -0.3 is 10.1 Å². The van der Waals surface area contributed by atoms with Crippen LogP contribution in [0.15, 0.2) is 66.1 Å². The highest BCUT2D eigenvalue weighted by atomic mass is 32.1. The maximum absolute atomic E-state index is 12.6. The molecule has 0 radical (unpaired) electrons. The number of hydrogen-bond donors (Lipinski definition) is 1. The molecule has 3 nitrogen and oxygen atoms in total. The van der Waals surface area contributed by atoms with Crippen LogP contribution in [-0.2, 0) is 4.74 Å². The molecule has 0 amide bonds. The first-order chi connectivity index (χ1) is 13.2. The molecular formula is C23H23NO2S. The number of hydrogen-bond acceptors (Lipinski definition) is 4. The maximum atomic E-state index is 12.6. The molecule has 0 fully saturated rings. The number of anilines is 1. The van der Waals surface area contributed by atoms with Crippen LogP contribution in [0.25, 0.3) is 17.2 Å². The first-order valence-corrected chi connectivity index (χ1v) is 9.88.